The van der Waals surface area contributed by atoms with Gasteiger partial charge >= 0.3 is 0 Å². The maximum absolute atomic E-state index is 12.8. The minimum absolute atomic E-state index is 0.234. The quantitative estimate of drug-likeness (QED) is 0.750. The van der Waals surface area contributed by atoms with E-state index in [0.29, 0.717) is 11.6 Å². The second-order valence-corrected chi connectivity index (χ2v) is 7.25. The average Bonchev–Trinajstić information content (AvgIpc) is 2.53. The lowest BCUT2D eigenvalue weighted by atomic mass is 10.0. The Balaban J connectivity index is 2.44. The van der Waals surface area contributed by atoms with Crippen molar-refractivity contribution >= 4 is 15.7 Å². The molecule has 0 aliphatic rings. The number of anilines is 1. The Morgan fingerprint density at radius 1 is 1.05 bits per heavy atom. The van der Waals surface area contributed by atoms with Crippen LogP contribution in [0.3, 0.4) is 0 Å². The van der Waals surface area contributed by atoms with Crippen molar-refractivity contribution in [3.8, 4) is 0 Å². The van der Waals surface area contributed by atoms with Crippen LogP contribution in [0.5, 0.6) is 0 Å². The summed E-state index contributed by atoms with van der Waals surface area (Å²) in [4.78, 5) is 0.282. The average molecular weight is 315 g/mol. The Hall–Kier alpha value is -2.07. The Bertz CT molecular complexity index is 719. The molecule has 0 atom stereocenters. The molecule has 3 nitrogen and oxygen atoms in total. The fourth-order valence-corrected chi connectivity index (χ4v) is 3.66. The number of rotatable bonds is 6. The summed E-state index contributed by atoms with van der Waals surface area (Å²) >= 11 is 0. The highest BCUT2D eigenvalue weighted by molar-refractivity contribution is 7.92. The van der Waals surface area contributed by atoms with Gasteiger partial charge < -0.3 is 0 Å². The predicted octanol–water partition coefficient (Wildman–Crippen LogP) is 4.19. The van der Waals surface area contributed by atoms with E-state index in [9.17, 15) is 8.42 Å². The van der Waals surface area contributed by atoms with Crippen LogP contribution in [0.25, 0.3) is 0 Å². The normalized spacial score (nSPS) is 11.4. The van der Waals surface area contributed by atoms with Crippen LogP contribution in [0, 0.1) is 0 Å². The van der Waals surface area contributed by atoms with E-state index < -0.39 is 10.0 Å². The van der Waals surface area contributed by atoms with Crippen LogP contribution in [-0.2, 0) is 10.0 Å². The predicted molar refractivity (Wildman–Crippen MR) is 91.7 cm³/mol. The molecule has 0 saturated carbocycles. The summed E-state index contributed by atoms with van der Waals surface area (Å²) in [6, 6.07) is 16.1. The molecule has 0 aliphatic carbocycles. The summed E-state index contributed by atoms with van der Waals surface area (Å²) in [5.74, 6) is 0.410. The van der Waals surface area contributed by atoms with Gasteiger partial charge in [-0.1, -0.05) is 50.3 Å². The Labute approximate surface area is 133 Å². The van der Waals surface area contributed by atoms with E-state index >= 15 is 0 Å². The summed E-state index contributed by atoms with van der Waals surface area (Å²) in [5.41, 5.74) is 1.83. The molecule has 0 heterocycles. The summed E-state index contributed by atoms with van der Waals surface area (Å²) in [6.45, 7) is 8.12. The monoisotopic (exact) mass is 315 g/mol. The van der Waals surface area contributed by atoms with E-state index in [-0.39, 0.29) is 11.4 Å². The van der Waals surface area contributed by atoms with Gasteiger partial charge in [0.2, 0.25) is 0 Å². The molecule has 0 aliphatic heterocycles. The molecule has 0 spiro atoms. The fourth-order valence-electron chi connectivity index (χ4n) is 2.20. The SMILES string of the molecule is C=CCN(c1ccc(C(C)C)cc1)S(=O)(=O)c1ccccc1. The second kappa shape index (κ2) is 6.79. The van der Waals surface area contributed by atoms with Crippen molar-refractivity contribution in [2.24, 2.45) is 0 Å². The first-order chi connectivity index (χ1) is 10.5. The number of hydrogen-bond acceptors (Lipinski definition) is 2. The lowest BCUT2D eigenvalue weighted by Crippen LogP contribution is -2.31. The summed E-state index contributed by atoms with van der Waals surface area (Å²) < 4.78 is 27.0. The van der Waals surface area contributed by atoms with Crippen LogP contribution in [0.15, 0.2) is 72.1 Å². The van der Waals surface area contributed by atoms with Gasteiger partial charge in [-0.25, -0.2) is 8.42 Å². The van der Waals surface area contributed by atoms with Crippen LogP contribution < -0.4 is 4.31 Å². The van der Waals surface area contributed by atoms with Crippen molar-refractivity contribution in [3.63, 3.8) is 0 Å². The molecule has 0 unspecified atom stereocenters. The Morgan fingerprint density at radius 2 is 1.64 bits per heavy atom. The highest BCUT2D eigenvalue weighted by atomic mass is 32.2. The van der Waals surface area contributed by atoms with Crippen LogP contribution in [0.2, 0.25) is 0 Å². The third-order valence-corrected chi connectivity index (χ3v) is 5.28. The Kier molecular flexibility index (Phi) is 5.03. The smallest absolute Gasteiger partial charge is 0.263 e. The standard InChI is InChI=1S/C18H21NO2S/c1-4-14-19(17-12-10-16(11-13-17)15(2)3)22(20,21)18-8-6-5-7-9-18/h4-13,15H,1,14H2,2-3H3. The number of sulfonamides is 1. The molecule has 22 heavy (non-hydrogen) atoms. The molecule has 2 aromatic carbocycles. The first-order valence-corrected chi connectivity index (χ1v) is 8.69. The maximum Gasteiger partial charge on any atom is 0.264 e. The molecule has 4 heteroatoms. The van der Waals surface area contributed by atoms with Crippen molar-refractivity contribution in [3.05, 3.63) is 72.8 Å². The number of hydrogen-bond donors (Lipinski definition) is 0. The molecule has 116 valence electrons. The van der Waals surface area contributed by atoms with Gasteiger partial charge in [0.05, 0.1) is 17.1 Å². The summed E-state index contributed by atoms with van der Waals surface area (Å²) in [6.07, 6.45) is 1.59. The molecule has 0 radical (unpaired) electrons. The molecule has 0 amide bonds. The number of nitrogens with zero attached hydrogens (tertiary/aromatic N) is 1. The summed E-state index contributed by atoms with van der Waals surface area (Å²) in [5, 5.41) is 0. The second-order valence-electron chi connectivity index (χ2n) is 5.38. The lowest BCUT2D eigenvalue weighted by Gasteiger charge is -2.23. The minimum Gasteiger partial charge on any atom is -0.263 e. The van der Waals surface area contributed by atoms with Gasteiger partial charge in [-0.3, -0.25) is 4.31 Å². The maximum atomic E-state index is 12.8. The van der Waals surface area contributed by atoms with E-state index in [4.69, 9.17) is 0 Å². The van der Waals surface area contributed by atoms with Crippen LogP contribution in [-0.4, -0.2) is 15.0 Å². The molecule has 0 saturated heterocycles. The zero-order chi connectivity index (χ0) is 16.2. The van der Waals surface area contributed by atoms with Gasteiger partial charge in [-0.15, -0.1) is 6.58 Å². The first kappa shape index (κ1) is 16.3. The van der Waals surface area contributed by atoms with Gasteiger partial charge in [0.1, 0.15) is 0 Å². The number of benzene rings is 2. The largest absolute Gasteiger partial charge is 0.264 e. The third-order valence-electron chi connectivity index (χ3n) is 3.47. The Morgan fingerprint density at radius 3 is 2.14 bits per heavy atom. The lowest BCUT2D eigenvalue weighted by molar-refractivity contribution is 0.593. The van der Waals surface area contributed by atoms with E-state index in [0.717, 1.165) is 0 Å². The van der Waals surface area contributed by atoms with E-state index in [1.807, 2.05) is 24.3 Å². The van der Waals surface area contributed by atoms with Crippen LogP contribution in [0.4, 0.5) is 5.69 Å². The molecule has 0 N–H and O–H groups in total. The van der Waals surface area contributed by atoms with E-state index in [2.05, 4.69) is 20.4 Å². The third kappa shape index (κ3) is 3.39. The van der Waals surface area contributed by atoms with Crippen molar-refractivity contribution < 1.29 is 8.42 Å². The topological polar surface area (TPSA) is 37.4 Å². The molecule has 2 aromatic rings. The van der Waals surface area contributed by atoms with Gasteiger partial charge in [0.25, 0.3) is 10.0 Å². The van der Waals surface area contributed by atoms with E-state index in [1.165, 1.54) is 9.87 Å². The molecule has 0 aromatic heterocycles. The molecular weight excluding hydrogens is 294 g/mol. The van der Waals surface area contributed by atoms with E-state index in [1.54, 1.807) is 36.4 Å². The van der Waals surface area contributed by atoms with Crippen LogP contribution in [0.1, 0.15) is 25.3 Å². The summed E-state index contributed by atoms with van der Waals surface area (Å²) in [7, 11) is -3.59. The van der Waals surface area contributed by atoms with Crippen molar-refractivity contribution in [2.75, 3.05) is 10.8 Å². The fraction of sp³-hybridized carbons (Fsp3) is 0.222. The highest BCUT2D eigenvalue weighted by Crippen LogP contribution is 2.25. The zero-order valence-corrected chi connectivity index (χ0v) is 13.8. The minimum atomic E-state index is -3.59. The first-order valence-electron chi connectivity index (χ1n) is 7.25. The van der Waals surface area contributed by atoms with Gasteiger partial charge in [0, 0.05) is 0 Å². The van der Waals surface area contributed by atoms with Crippen molar-refractivity contribution in [1.29, 1.82) is 0 Å². The zero-order valence-electron chi connectivity index (χ0n) is 12.9. The van der Waals surface area contributed by atoms with Gasteiger partial charge in [-0.05, 0) is 35.7 Å². The molecule has 0 fully saturated rings. The van der Waals surface area contributed by atoms with Crippen molar-refractivity contribution in [1.82, 2.24) is 0 Å². The highest BCUT2D eigenvalue weighted by Gasteiger charge is 2.23. The van der Waals surface area contributed by atoms with Crippen LogP contribution >= 0.6 is 0 Å². The molecular formula is C18H21NO2S. The van der Waals surface area contributed by atoms with Gasteiger partial charge in [0.15, 0.2) is 0 Å². The van der Waals surface area contributed by atoms with Gasteiger partial charge in [-0.2, -0.15) is 0 Å². The molecule has 2 rings (SSSR count). The van der Waals surface area contributed by atoms with Crippen molar-refractivity contribution in [2.45, 2.75) is 24.7 Å². The molecule has 0 bridgehead atoms.